The van der Waals surface area contributed by atoms with Crippen LogP contribution in [0, 0.1) is 6.92 Å². The lowest BCUT2D eigenvalue weighted by molar-refractivity contribution is 1.36. The fourth-order valence-corrected chi connectivity index (χ4v) is 1.68. The van der Waals surface area contributed by atoms with Crippen molar-refractivity contribution in [2.24, 2.45) is 0 Å². The minimum absolute atomic E-state index is 0.675. The second kappa shape index (κ2) is 4.68. The van der Waals surface area contributed by atoms with Crippen LogP contribution < -0.4 is 0 Å². The van der Waals surface area contributed by atoms with E-state index in [0.717, 1.165) is 5.75 Å². The zero-order valence-corrected chi connectivity index (χ0v) is 8.08. The first kappa shape index (κ1) is 8.95. The lowest BCUT2D eigenvalue weighted by Gasteiger charge is -1.99. The Morgan fingerprint density at radius 3 is 2.91 bits per heavy atom. The zero-order chi connectivity index (χ0) is 8.10. The quantitative estimate of drug-likeness (QED) is 0.652. The van der Waals surface area contributed by atoms with Crippen molar-refractivity contribution in [1.82, 2.24) is 0 Å². The van der Waals surface area contributed by atoms with Crippen LogP contribution in [0.25, 0.3) is 0 Å². The number of hydrogen-bond acceptors (Lipinski definition) is 1. The summed E-state index contributed by atoms with van der Waals surface area (Å²) in [6, 6.07) is 8.51. The molecule has 1 aromatic carbocycles. The van der Waals surface area contributed by atoms with E-state index in [0.29, 0.717) is 5.21 Å². The van der Waals surface area contributed by atoms with Gasteiger partial charge in [-0.3, -0.25) is 0 Å². The molecular formula is C9H11ClS. The number of halogens is 1. The van der Waals surface area contributed by atoms with Gasteiger partial charge in [-0.1, -0.05) is 29.8 Å². The minimum Gasteiger partial charge on any atom is -0.141 e. The van der Waals surface area contributed by atoms with E-state index < -0.39 is 0 Å². The van der Waals surface area contributed by atoms with E-state index in [1.165, 1.54) is 11.1 Å². The summed E-state index contributed by atoms with van der Waals surface area (Å²) in [5, 5.41) is 0.675. The molecule has 0 bridgehead atoms. The van der Waals surface area contributed by atoms with Gasteiger partial charge in [0.2, 0.25) is 0 Å². The van der Waals surface area contributed by atoms with Crippen molar-refractivity contribution in [1.29, 1.82) is 0 Å². The number of hydrogen-bond donors (Lipinski definition) is 0. The number of aryl methyl sites for hydroxylation is 1. The van der Waals surface area contributed by atoms with Crippen LogP contribution in [0.1, 0.15) is 11.1 Å². The summed E-state index contributed by atoms with van der Waals surface area (Å²) in [6.07, 6.45) is 0. The van der Waals surface area contributed by atoms with Crippen molar-refractivity contribution in [3.63, 3.8) is 0 Å². The summed E-state index contributed by atoms with van der Waals surface area (Å²) in [4.78, 5) is 0. The predicted molar refractivity (Wildman–Crippen MR) is 53.2 cm³/mol. The molecule has 0 N–H and O–H groups in total. The van der Waals surface area contributed by atoms with Crippen molar-refractivity contribution in [2.75, 3.05) is 5.21 Å². The van der Waals surface area contributed by atoms with Gasteiger partial charge in [0.1, 0.15) is 0 Å². The highest BCUT2D eigenvalue weighted by Crippen LogP contribution is 2.13. The molecule has 0 aliphatic heterocycles. The SMILES string of the molecule is Cc1cccc(CSCCl)c1. The summed E-state index contributed by atoms with van der Waals surface area (Å²) in [6.45, 7) is 2.11. The standard InChI is InChI=1S/C9H11ClS/c1-8-3-2-4-9(5-8)6-11-7-10/h2-5H,6-7H2,1H3. The van der Waals surface area contributed by atoms with Gasteiger partial charge in [0.05, 0.1) is 5.21 Å². The van der Waals surface area contributed by atoms with Crippen LogP contribution in [0.5, 0.6) is 0 Å². The molecule has 0 saturated heterocycles. The molecule has 1 rings (SSSR count). The molecule has 0 amide bonds. The van der Waals surface area contributed by atoms with E-state index in [4.69, 9.17) is 11.6 Å². The highest BCUT2D eigenvalue weighted by molar-refractivity contribution is 7.99. The van der Waals surface area contributed by atoms with Gasteiger partial charge in [0, 0.05) is 5.75 Å². The summed E-state index contributed by atoms with van der Waals surface area (Å²) in [7, 11) is 0. The third-order valence-corrected chi connectivity index (χ3v) is 2.58. The molecule has 0 atom stereocenters. The Labute approximate surface area is 77.0 Å². The predicted octanol–water partition coefficient (Wildman–Crippen LogP) is 3.42. The molecule has 2 heteroatoms. The van der Waals surface area contributed by atoms with Crippen LogP contribution in [0.4, 0.5) is 0 Å². The van der Waals surface area contributed by atoms with Gasteiger partial charge < -0.3 is 0 Å². The molecule has 0 unspecified atom stereocenters. The van der Waals surface area contributed by atoms with Crippen molar-refractivity contribution < 1.29 is 0 Å². The summed E-state index contributed by atoms with van der Waals surface area (Å²) < 4.78 is 0. The van der Waals surface area contributed by atoms with Gasteiger partial charge in [0.15, 0.2) is 0 Å². The zero-order valence-electron chi connectivity index (χ0n) is 6.51. The first-order chi connectivity index (χ1) is 5.33. The smallest absolute Gasteiger partial charge is 0.0683 e. The fraction of sp³-hybridized carbons (Fsp3) is 0.333. The van der Waals surface area contributed by atoms with Crippen molar-refractivity contribution in [2.45, 2.75) is 12.7 Å². The molecule has 0 aliphatic rings. The van der Waals surface area contributed by atoms with Gasteiger partial charge in [-0.25, -0.2) is 0 Å². The molecule has 60 valence electrons. The molecule has 0 spiro atoms. The lowest BCUT2D eigenvalue weighted by Crippen LogP contribution is -1.80. The Hall–Kier alpha value is -0.140. The number of benzene rings is 1. The Balaban J connectivity index is 2.56. The van der Waals surface area contributed by atoms with Crippen LogP contribution in [-0.4, -0.2) is 5.21 Å². The second-order valence-electron chi connectivity index (χ2n) is 2.45. The third kappa shape index (κ3) is 3.17. The number of thioether (sulfide) groups is 1. The second-order valence-corrected chi connectivity index (χ2v) is 4.02. The van der Waals surface area contributed by atoms with Crippen molar-refractivity contribution in [3.8, 4) is 0 Å². The summed E-state index contributed by atoms with van der Waals surface area (Å²) in [5.41, 5.74) is 2.67. The highest BCUT2D eigenvalue weighted by Gasteiger charge is 1.91. The van der Waals surface area contributed by atoms with Crippen LogP contribution >= 0.6 is 23.4 Å². The van der Waals surface area contributed by atoms with E-state index in [-0.39, 0.29) is 0 Å². The molecule has 0 fully saturated rings. The van der Waals surface area contributed by atoms with Gasteiger partial charge >= 0.3 is 0 Å². The average Bonchev–Trinajstić information content (AvgIpc) is 2.01. The molecule has 0 saturated carbocycles. The molecule has 0 aromatic heterocycles. The molecule has 11 heavy (non-hydrogen) atoms. The first-order valence-electron chi connectivity index (χ1n) is 3.52. The molecule has 0 radical (unpaired) electrons. The average molecular weight is 187 g/mol. The Kier molecular flexibility index (Phi) is 3.81. The largest absolute Gasteiger partial charge is 0.141 e. The number of alkyl halides is 1. The Bertz CT molecular complexity index is 223. The van der Waals surface area contributed by atoms with E-state index in [1.54, 1.807) is 11.8 Å². The lowest BCUT2D eigenvalue weighted by atomic mass is 10.2. The van der Waals surface area contributed by atoms with Gasteiger partial charge in [-0.15, -0.1) is 23.4 Å². The van der Waals surface area contributed by atoms with Crippen LogP contribution in [-0.2, 0) is 5.75 Å². The molecule has 0 heterocycles. The maximum atomic E-state index is 5.55. The van der Waals surface area contributed by atoms with E-state index in [1.807, 2.05) is 0 Å². The third-order valence-electron chi connectivity index (χ3n) is 1.43. The number of rotatable bonds is 3. The van der Waals surface area contributed by atoms with Gasteiger partial charge in [-0.2, -0.15) is 0 Å². The maximum absolute atomic E-state index is 5.55. The highest BCUT2D eigenvalue weighted by atomic mass is 35.5. The molecular weight excluding hydrogens is 176 g/mol. The molecule has 0 aliphatic carbocycles. The van der Waals surface area contributed by atoms with E-state index in [2.05, 4.69) is 31.2 Å². The van der Waals surface area contributed by atoms with Gasteiger partial charge in [-0.05, 0) is 12.5 Å². The normalized spacial score (nSPS) is 10.0. The van der Waals surface area contributed by atoms with Gasteiger partial charge in [0.25, 0.3) is 0 Å². The van der Waals surface area contributed by atoms with Crippen LogP contribution in [0.3, 0.4) is 0 Å². The Morgan fingerprint density at radius 1 is 1.45 bits per heavy atom. The van der Waals surface area contributed by atoms with Crippen molar-refractivity contribution >= 4 is 23.4 Å². The summed E-state index contributed by atoms with van der Waals surface area (Å²) >= 11 is 7.29. The minimum atomic E-state index is 0.675. The Morgan fingerprint density at radius 2 is 2.27 bits per heavy atom. The molecule has 1 aromatic rings. The van der Waals surface area contributed by atoms with Crippen LogP contribution in [0.2, 0.25) is 0 Å². The van der Waals surface area contributed by atoms with E-state index >= 15 is 0 Å². The van der Waals surface area contributed by atoms with Crippen molar-refractivity contribution in [3.05, 3.63) is 35.4 Å². The maximum Gasteiger partial charge on any atom is 0.0683 e. The fourth-order valence-electron chi connectivity index (χ4n) is 0.958. The van der Waals surface area contributed by atoms with Crippen LogP contribution in [0.15, 0.2) is 24.3 Å². The summed E-state index contributed by atoms with van der Waals surface area (Å²) in [5.74, 6) is 1.02. The topological polar surface area (TPSA) is 0 Å². The first-order valence-corrected chi connectivity index (χ1v) is 5.21. The van der Waals surface area contributed by atoms with E-state index in [9.17, 15) is 0 Å². The monoisotopic (exact) mass is 186 g/mol. The molecule has 0 nitrogen and oxygen atoms in total.